The summed E-state index contributed by atoms with van der Waals surface area (Å²) >= 11 is 6.65. The Labute approximate surface area is 228 Å². The second-order valence-electron chi connectivity index (χ2n) is 11.1. The van der Waals surface area contributed by atoms with Crippen molar-refractivity contribution in [3.05, 3.63) is 40.2 Å². The van der Waals surface area contributed by atoms with Gasteiger partial charge in [0.15, 0.2) is 0 Å². The maximum atomic E-state index is 14.2. The molecule has 0 aromatic heterocycles. The molecule has 2 fully saturated rings. The molecule has 0 bridgehead atoms. The van der Waals surface area contributed by atoms with Gasteiger partial charge in [-0.1, -0.05) is 31.4 Å². The van der Waals surface area contributed by atoms with E-state index in [1.165, 1.54) is 11.2 Å². The van der Waals surface area contributed by atoms with E-state index >= 15 is 0 Å². The zero-order valence-electron chi connectivity index (χ0n) is 22.3. The number of carbonyl (C=O) groups is 3. The number of fused-ring (bicyclic) bond motifs is 1. The third kappa shape index (κ3) is 5.29. The molecule has 1 aromatic rings. The van der Waals surface area contributed by atoms with Gasteiger partial charge in [-0.05, 0) is 49.8 Å². The minimum atomic E-state index is -1.16. The highest BCUT2D eigenvalue weighted by molar-refractivity contribution is 6.31. The Kier molecular flexibility index (Phi) is 8.13. The lowest BCUT2D eigenvalue weighted by atomic mass is 9.66. The summed E-state index contributed by atoms with van der Waals surface area (Å²) in [4.78, 5) is 43.2. The van der Waals surface area contributed by atoms with Gasteiger partial charge in [0.25, 0.3) is 0 Å². The van der Waals surface area contributed by atoms with Gasteiger partial charge in [-0.2, -0.15) is 0 Å². The van der Waals surface area contributed by atoms with Crippen molar-refractivity contribution in [1.29, 1.82) is 0 Å². The molecule has 4 atom stereocenters. The Morgan fingerprint density at radius 2 is 2.08 bits per heavy atom. The van der Waals surface area contributed by atoms with E-state index in [1.54, 1.807) is 35.9 Å². The highest BCUT2D eigenvalue weighted by atomic mass is 35.5. The average molecular weight is 548 g/mol. The first-order valence-corrected chi connectivity index (χ1v) is 13.5. The number of carbonyl (C=O) groups excluding carboxylic acids is 2. The van der Waals surface area contributed by atoms with E-state index in [4.69, 9.17) is 27.9 Å². The van der Waals surface area contributed by atoms with Crippen molar-refractivity contribution in [3.8, 4) is 5.75 Å². The van der Waals surface area contributed by atoms with Gasteiger partial charge < -0.3 is 30.4 Å². The Morgan fingerprint density at radius 1 is 1.34 bits per heavy atom. The molecule has 3 unspecified atom stereocenters. The number of benzene rings is 1. The predicted octanol–water partition coefficient (Wildman–Crippen LogP) is 2.86. The lowest BCUT2D eigenvalue weighted by molar-refractivity contribution is -0.165. The van der Waals surface area contributed by atoms with E-state index in [2.05, 4.69) is 0 Å². The van der Waals surface area contributed by atoms with Gasteiger partial charge >= 0.3 is 5.97 Å². The van der Waals surface area contributed by atoms with E-state index < -0.39 is 23.5 Å². The van der Waals surface area contributed by atoms with Crippen LogP contribution in [0.25, 0.3) is 0 Å². The SMILES string of the molecule is CC1CC(=O)N(C2c3c(OC/C(N)=C/N(C)N)ccc(Cl)c3CCN2C(=O)C2CCCC[C@]2(C)C(=O)O)C1. The van der Waals surface area contributed by atoms with Gasteiger partial charge in [-0.3, -0.25) is 14.4 Å². The molecule has 1 aromatic carbocycles. The normalized spacial score (nSPS) is 27.8. The second-order valence-corrected chi connectivity index (χ2v) is 11.5. The molecule has 2 aliphatic heterocycles. The minimum Gasteiger partial charge on any atom is -0.487 e. The third-order valence-corrected chi connectivity index (χ3v) is 8.46. The fourth-order valence-corrected chi connectivity index (χ4v) is 6.40. The van der Waals surface area contributed by atoms with E-state index in [0.717, 1.165) is 18.4 Å². The molecule has 11 heteroatoms. The number of aliphatic carboxylic acids is 1. The van der Waals surface area contributed by atoms with Crippen LogP contribution in [0.3, 0.4) is 0 Å². The molecule has 0 spiro atoms. The molecule has 1 saturated heterocycles. The summed E-state index contributed by atoms with van der Waals surface area (Å²) in [6.45, 7) is 4.51. The molecule has 4 rings (SSSR count). The molecule has 1 aliphatic carbocycles. The number of halogens is 1. The molecule has 3 aliphatic rings. The fourth-order valence-electron chi connectivity index (χ4n) is 6.14. The standard InChI is InChI=1S/C27H38ClN5O5/c1-16-12-22(34)33(13-16)24-23-18(20(28)7-8-21(23)38-15-17(29)14-31(3)30)9-11-32(24)25(35)19-6-4-5-10-27(19,2)26(36)37/h7-8,14,16,19,24H,4-6,9-13,15,29-30H2,1-3H3,(H,36,37)/b17-14-/t16?,19?,24?,27-/m0/s1. The number of hydrazine groups is 1. The van der Waals surface area contributed by atoms with Gasteiger partial charge in [0.1, 0.15) is 18.5 Å². The molecule has 5 N–H and O–H groups in total. The van der Waals surface area contributed by atoms with Crippen LogP contribution in [0.4, 0.5) is 0 Å². The summed E-state index contributed by atoms with van der Waals surface area (Å²) < 4.78 is 6.12. The van der Waals surface area contributed by atoms with Crippen molar-refractivity contribution in [1.82, 2.24) is 14.8 Å². The highest BCUT2D eigenvalue weighted by Crippen LogP contribution is 2.47. The fraction of sp³-hybridized carbons (Fsp3) is 0.593. The molecule has 10 nitrogen and oxygen atoms in total. The van der Waals surface area contributed by atoms with Crippen molar-refractivity contribution in [2.45, 2.75) is 58.5 Å². The van der Waals surface area contributed by atoms with Crippen LogP contribution in [0.15, 0.2) is 24.0 Å². The first-order valence-electron chi connectivity index (χ1n) is 13.1. The molecule has 2 heterocycles. The Balaban J connectivity index is 1.79. The van der Waals surface area contributed by atoms with Crippen LogP contribution in [0, 0.1) is 17.3 Å². The van der Waals surface area contributed by atoms with Crippen LogP contribution < -0.4 is 16.3 Å². The maximum Gasteiger partial charge on any atom is 0.310 e. The van der Waals surface area contributed by atoms with Gasteiger partial charge in [0.2, 0.25) is 11.8 Å². The number of hydrogen-bond acceptors (Lipinski definition) is 7. The lowest BCUT2D eigenvalue weighted by Gasteiger charge is -2.47. The molecule has 1 saturated carbocycles. The number of nitrogens with two attached hydrogens (primary N) is 2. The van der Waals surface area contributed by atoms with Crippen molar-refractivity contribution >= 4 is 29.4 Å². The predicted molar refractivity (Wildman–Crippen MR) is 143 cm³/mol. The van der Waals surface area contributed by atoms with Gasteiger partial charge in [-0.25, -0.2) is 5.84 Å². The Bertz CT molecular complexity index is 1140. The maximum absolute atomic E-state index is 14.2. The van der Waals surface area contributed by atoms with Crippen LogP contribution in [0.2, 0.25) is 5.02 Å². The number of amides is 2. The van der Waals surface area contributed by atoms with E-state index in [-0.39, 0.29) is 24.3 Å². The number of hydrogen-bond donors (Lipinski definition) is 3. The van der Waals surface area contributed by atoms with Crippen LogP contribution in [0.5, 0.6) is 5.75 Å². The zero-order valence-corrected chi connectivity index (χ0v) is 23.0. The first-order chi connectivity index (χ1) is 17.9. The molecule has 0 radical (unpaired) electrons. The Morgan fingerprint density at radius 3 is 2.71 bits per heavy atom. The van der Waals surface area contributed by atoms with Crippen molar-refractivity contribution in [2.24, 2.45) is 28.8 Å². The number of carboxylic acids is 1. The average Bonchev–Trinajstić information content (AvgIpc) is 3.19. The van der Waals surface area contributed by atoms with Gasteiger partial charge in [0.05, 0.1) is 17.0 Å². The number of likely N-dealkylation sites (tertiary alicyclic amines) is 1. The molecular weight excluding hydrogens is 510 g/mol. The smallest absolute Gasteiger partial charge is 0.310 e. The van der Waals surface area contributed by atoms with E-state index in [9.17, 15) is 19.5 Å². The minimum absolute atomic E-state index is 0.0420. The van der Waals surface area contributed by atoms with Crippen LogP contribution in [-0.2, 0) is 20.8 Å². The molecular formula is C27H38ClN5O5. The summed E-state index contributed by atoms with van der Waals surface area (Å²) in [6, 6.07) is 3.48. The van der Waals surface area contributed by atoms with E-state index in [1.807, 2.05) is 6.92 Å². The van der Waals surface area contributed by atoms with Gasteiger partial charge in [0, 0.05) is 43.3 Å². The number of nitrogens with zero attached hydrogens (tertiary/aromatic N) is 3. The van der Waals surface area contributed by atoms with Gasteiger partial charge in [-0.15, -0.1) is 0 Å². The summed E-state index contributed by atoms with van der Waals surface area (Å²) in [6.07, 6.45) is 4.11. The summed E-state index contributed by atoms with van der Waals surface area (Å²) in [5.74, 6) is 4.30. The lowest BCUT2D eigenvalue weighted by Crippen LogP contribution is -2.54. The number of rotatable bonds is 7. The summed E-state index contributed by atoms with van der Waals surface area (Å²) in [5, 5.41) is 11.9. The summed E-state index contributed by atoms with van der Waals surface area (Å²) in [5.41, 5.74) is 6.76. The highest BCUT2D eigenvalue weighted by Gasteiger charge is 2.51. The summed E-state index contributed by atoms with van der Waals surface area (Å²) in [7, 11) is 1.65. The van der Waals surface area contributed by atoms with Crippen molar-refractivity contribution in [3.63, 3.8) is 0 Å². The Hall–Kier alpha value is -2.98. The quantitative estimate of drug-likeness (QED) is 0.349. The largest absolute Gasteiger partial charge is 0.487 e. The number of carboxylic acid groups (broad SMARTS) is 1. The second kappa shape index (κ2) is 11.0. The monoisotopic (exact) mass is 547 g/mol. The van der Waals surface area contributed by atoms with Crippen LogP contribution in [-0.4, -0.2) is 64.4 Å². The van der Waals surface area contributed by atoms with Crippen molar-refractivity contribution < 1.29 is 24.2 Å². The van der Waals surface area contributed by atoms with Crippen LogP contribution >= 0.6 is 11.6 Å². The topological polar surface area (TPSA) is 142 Å². The zero-order chi connectivity index (χ0) is 27.8. The van der Waals surface area contributed by atoms with Crippen LogP contribution in [0.1, 0.15) is 63.2 Å². The number of ether oxygens (including phenoxy) is 1. The molecule has 38 heavy (non-hydrogen) atoms. The van der Waals surface area contributed by atoms with E-state index in [0.29, 0.717) is 60.8 Å². The molecule has 208 valence electrons. The molecule has 2 amide bonds. The third-order valence-electron chi connectivity index (χ3n) is 8.10. The van der Waals surface area contributed by atoms with Crippen molar-refractivity contribution in [2.75, 3.05) is 26.7 Å². The first kappa shape index (κ1) is 28.0.